The van der Waals surface area contributed by atoms with Crippen LogP contribution in [0.25, 0.3) is 0 Å². The Morgan fingerprint density at radius 3 is 2.36 bits per heavy atom. The SMILES string of the molecule is CC(C)=CCC/C(C)=C\Cc1c(O)cc(C)c(C(=O)O)c1O. The first-order valence-corrected chi connectivity index (χ1v) is 7.30. The van der Waals surface area contributed by atoms with Crippen LogP contribution in [-0.2, 0) is 6.42 Å². The molecule has 4 nitrogen and oxygen atoms in total. The summed E-state index contributed by atoms with van der Waals surface area (Å²) in [5, 5.41) is 29.2. The fourth-order valence-corrected chi connectivity index (χ4v) is 2.26. The minimum absolute atomic E-state index is 0.0756. The number of carbonyl (C=O) groups is 1. The van der Waals surface area contributed by atoms with Crippen molar-refractivity contribution in [3.8, 4) is 11.5 Å². The van der Waals surface area contributed by atoms with Crippen molar-refractivity contribution in [1.82, 2.24) is 0 Å². The Balaban J connectivity index is 2.96. The van der Waals surface area contributed by atoms with Crippen molar-refractivity contribution in [1.29, 1.82) is 0 Å². The summed E-state index contributed by atoms with van der Waals surface area (Å²) in [5.41, 5.74) is 2.85. The molecule has 0 fully saturated rings. The molecule has 0 saturated carbocycles. The lowest BCUT2D eigenvalue weighted by atomic mass is 9.98. The summed E-state index contributed by atoms with van der Waals surface area (Å²) in [4.78, 5) is 11.2. The molecule has 0 amide bonds. The Morgan fingerprint density at radius 2 is 1.82 bits per heavy atom. The molecule has 0 bridgehead atoms. The molecule has 0 radical (unpaired) electrons. The molecule has 0 heterocycles. The number of aromatic hydroxyl groups is 2. The van der Waals surface area contributed by atoms with E-state index in [1.54, 1.807) is 6.92 Å². The maximum Gasteiger partial charge on any atom is 0.339 e. The summed E-state index contributed by atoms with van der Waals surface area (Å²) in [7, 11) is 0. The van der Waals surface area contributed by atoms with E-state index in [1.165, 1.54) is 11.6 Å². The Hall–Kier alpha value is -2.23. The van der Waals surface area contributed by atoms with Gasteiger partial charge in [0, 0.05) is 5.56 Å². The fraction of sp³-hybridized carbons (Fsp3) is 0.389. The zero-order valence-corrected chi connectivity index (χ0v) is 13.6. The third-order valence-corrected chi connectivity index (χ3v) is 3.54. The largest absolute Gasteiger partial charge is 0.508 e. The second-order valence-electron chi connectivity index (χ2n) is 5.79. The maximum absolute atomic E-state index is 11.2. The Bertz CT molecular complexity index is 620. The van der Waals surface area contributed by atoms with Crippen LogP contribution in [0.15, 0.2) is 29.4 Å². The van der Waals surface area contributed by atoms with E-state index in [-0.39, 0.29) is 22.6 Å². The van der Waals surface area contributed by atoms with Gasteiger partial charge in [-0.1, -0.05) is 23.3 Å². The van der Waals surface area contributed by atoms with Gasteiger partial charge in [-0.2, -0.15) is 0 Å². The van der Waals surface area contributed by atoms with Crippen LogP contribution >= 0.6 is 0 Å². The first kappa shape index (κ1) is 17.8. The summed E-state index contributed by atoms with van der Waals surface area (Å²) in [6, 6.07) is 1.38. The van der Waals surface area contributed by atoms with Gasteiger partial charge in [-0.05, 0) is 58.6 Å². The van der Waals surface area contributed by atoms with Crippen LogP contribution in [0.4, 0.5) is 0 Å². The molecule has 1 rings (SSSR count). The molecule has 0 atom stereocenters. The van der Waals surface area contributed by atoms with E-state index >= 15 is 0 Å². The van der Waals surface area contributed by atoms with Gasteiger partial charge in [0.15, 0.2) is 0 Å². The maximum atomic E-state index is 11.2. The normalized spacial score (nSPS) is 11.4. The molecule has 0 aromatic heterocycles. The second-order valence-corrected chi connectivity index (χ2v) is 5.79. The Morgan fingerprint density at radius 1 is 1.18 bits per heavy atom. The number of hydrogen-bond donors (Lipinski definition) is 3. The van der Waals surface area contributed by atoms with Crippen LogP contribution in [-0.4, -0.2) is 21.3 Å². The molecule has 0 saturated heterocycles. The standard InChI is InChI=1S/C18H24O4/c1-11(2)6-5-7-12(3)8-9-14-15(19)10-13(4)16(17(14)20)18(21)22/h6,8,10,19-20H,5,7,9H2,1-4H3,(H,21,22)/b12-8-. The van der Waals surface area contributed by atoms with Gasteiger partial charge in [0.25, 0.3) is 0 Å². The molecule has 0 aliphatic heterocycles. The highest BCUT2D eigenvalue weighted by Gasteiger charge is 2.19. The van der Waals surface area contributed by atoms with Crippen molar-refractivity contribution in [3.05, 3.63) is 46.1 Å². The minimum Gasteiger partial charge on any atom is -0.508 e. The van der Waals surface area contributed by atoms with Gasteiger partial charge in [-0.25, -0.2) is 4.79 Å². The van der Waals surface area contributed by atoms with E-state index in [9.17, 15) is 15.0 Å². The van der Waals surface area contributed by atoms with Crippen LogP contribution in [0, 0.1) is 6.92 Å². The molecule has 120 valence electrons. The molecule has 0 unspecified atom stereocenters. The van der Waals surface area contributed by atoms with E-state index in [2.05, 4.69) is 19.9 Å². The van der Waals surface area contributed by atoms with Gasteiger partial charge in [0.1, 0.15) is 17.1 Å². The zero-order valence-electron chi connectivity index (χ0n) is 13.6. The number of phenolic OH excluding ortho intramolecular Hbond substituents is 1. The van der Waals surface area contributed by atoms with E-state index in [4.69, 9.17) is 5.11 Å². The smallest absolute Gasteiger partial charge is 0.339 e. The van der Waals surface area contributed by atoms with E-state index in [0.717, 1.165) is 18.4 Å². The third-order valence-electron chi connectivity index (χ3n) is 3.54. The Labute approximate surface area is 131 Å². The zero-order chi connectivity index (χ0) is 16.9. The first-order valence-electron chi connectivity index (χ1n) is 7.30. The van der Waals surface area contributed by atoms with Crippen LogP contribution in [0.1, 0.15) is 55.1 Å². The van der Waals surface area contributed by atoms with E-state index < -0.39 is 5.97 Å². The molecule has 4 heteroatoms. The number of benzene rings is 1. The lowest BCUT2D eigenvalue weighted by molar-refractivity contribution is 0.0692. The van der Waals surface area contributed by atoms with E-state index in [0.29, 0.717) is 12.0 Å². The van der Waals surface area contributed by atoms with Gasteiger partial charge < -0.3 is 15.3 Å². The number of allylic oxidation sites excluding steroid dienone is 4. The van der Waals surface area contributed by atoms with Crippen LogP contribution in [0.2, 0.25) is 0 Å². The summed E-state index contributed by atoms with van der Waals surface area (Å²) in [5.74, 6) is -1.62. The van der Waals surface area contributed by atoms with Crippen LogP contribution < -0.4 is 0 Å². The predicted octanol–water partition coefficient (Wildman–Crippen LogP) is 4.34. The third kappa shape index (κ3) is 4.65. The molecule has 1 aromatic carbocycles. The summed E-state index contributed by atoms with van der Waals surface area (Å²) in [6.45, 7) is 7.64. The van der Waals surface area contributed by atoms with Gasteiger partial charge in [0.05, 0.1) is 0 Å². The van der Waals surface area contributed by atoms with Gasteiger partial charge >= 0.3 is 5.97 Å². The first-order chi connectivity index (χ1) is 10.2. The quantitative estimate of drug-likeness (QED) is 0.683. The lowest BCUT2D eigenvalue weighted by Gasteiger charge is -2.11. The molecular formula is C18H24O4. The molecule has 1 aromatic rings. The molecule has 22 heavy (non-hydrogen) atoms. The average Bonchev–Trinajstić information content (AvgIpc) is 2.36. The van der Waals surface area contributed by atoms with Crippen molar-refractivity contribution >= 4 is 5.97 Å². The van der Waals surface area contributed by atoms with Crippen LogP contribution in [0.3, 0.4) is 0 Å². The number of phenols is 2. The highest BCUT2D eigenvalue weighted by molar-refractivity contribution is 5.93. The van der Waals surface area contributed by atoms with Crippen molar-refractivity contribution < 1.29 is 20.1 Å². The second kappa shape index (κ2) is 7.69. The van der Waals surface area contributed by atoms with Crippen LogP contribution in [0.5, 0.6) is 11.5 Å². The summed E-state index contributed by atoms with van der Waals surface area (Å²) < 4.78 is 0. The van der Waals surface area contributed by atoms with Gasteiger partial charge in [-0.15, -0.1) is 0 Å². The number of hydrogen-bond acceptors (Lipinski definition) is 3. The molecular weight excluding hydrogens is 280 g/mol. The van der Waals surface area contributed by atoms with Gasteiger partial charge in [-0.3, -0.25) is 0 Å². The highest BCUT2D eigenvalue weighted by atomic mass is 16.4. The topological polar surface area (TPSA) is 77.8 Å². The molecule has 3 N–H and O–H groups in total. The van der Waals surface area contributed by atoms with E-state index in [1.807, 2.05) is 13.0 Å². The van der Waals surface area contributed by atoms with Crippen molar-refractivity contribution in [2.45, 2.75) is 47.0 Å². The Kier molecular flexibility index (Phi) is 6.23. The number of aromatic carboxylic acids is 1. The van der Waals surface area contributed by atoms with Crippen molar-refractivity contribution in [2.24, 2.45) is 0 Å². The van der Waals surface area contributed by atoms with Crippen molar-refractivity contribution in [2.75, 3.05) is 0 Å². The average molecular weight is 304 g/mol. The number of aryl methyl sites for hydroxylation is 1. The minimum atomic E-state index is -1.19. The molecule has 0 aliphatic rings. The fourth-order valence-electron chi connectivity index (χ4n) is 2.26. The van der Waals surface area contributed by atoms with Gasteiger partial charge in [0.2, 0.25) is 0 Å². The highest BCUT2D eigenvalue weighted by Crippen LogP contribution is 2.34. The summed E-state index contributed by atoms with van der Waals surface area (Å²) >= 11 is 0. The number of carboxylic acid groups (broad SMARTS) is 1. The van der Waals surface area contributed by atoms with Crippen molar-refractivity contribution in [3.63, 3.8) is 0 Å². The molecule has 0 spiro atoms. The summed E-state index contributed by atoms with van der Waals surface area (Å²) in [6.07, 6.45) is 6.20. The lowest BCUT2D eigenvalue weighted by Crippen LogP contribution is -2.02. The monoisotopic (exact) mass is 304 g/mol. The number of carboxylic acids is 1. The molecule has 0 aliphatic carbocycles. The predicted molar refractivity (Wildman–Crippen MR) is 87.6 cm³/mol. The number of rotatable bonds is 6.